The topological polar surface area (TPSA) is 89.6 Å². The molecule has 0 saturated heterocycles. The first kappa shape index (κ1) is 21.5. The van der Waals surface area contributed by atoms with E-state index in [0.717, 1.165) is 35.5 Å². The number of aromatic nitrogens is 2. The smallest absolute Gasteiger partial charge is 0.290 e. The zero-order valence-corrected chi connectivity index (χ0v) is 18.7. The van der Waals surface area contributed by atoms with E-state index in [1.165, 1.54) is 6.26 Å². The summed E-state index contributed by atoms with van der Waals surface area (Å²) in [6, 6.07) is 20.5. The summed E-state index contributed by atoms with van der Waals surface area (Å²) in [4.78, 5) is 32.1. The highest BCUT2D eigenvalue weighted by Crippen LogP contribution is 2.29. The molecule has 0 unspecified atom stereocenters. The molecule has 1 aliphatic carbocycles. The zero-order valence-electron chi connectivity index (χ0n) is 18.7. The van der Waals surface area contributed by atoms with E-state index in [4.69, 9.17) is 9.15 Å². The first-order valence-electron chi connectivity index (χ1n) is 11.1. The summed E-state index contributed by atoms with van der Waals surface area (Å²) in [6.07, 6.45) is 5.07. The van der Waals surface area contributed by atoms with E-state index < -0.39 is 0 Å². The van der Waals surface area contributed by atoms with Crippen LogP contribution in [-0.4, -0.2) is 46.0 Å². The van der Waals surface area contributed by atoms with E-state index in [2.05, 4.69) is 10.3 Å². The first-order chi connectivity index (χ1) is 16.6. The monoisotopic (exact) mass is 456 g/mol. The molecule has 34 heavy (non-hydrogen) atoms. The average molecular weight is 457 g/mol. The van der Waals surface area contributed by atoms with E-state index >= 15 is 0 Å². The van der Waals surface area contributed by atoms with Crippen molar-refractivity contribution < 1.29 is 18.7 Å². The number of amides is 2. The Morgan fingerprint density at radius 3 is 2.50 bits per heavy atom. The summed E-state index contributed by atoms with van der Waals surface area (Å²) in [5.74, 6) is 0.716. The average Bonchev–Trinajstić information content (AvgIpc) is 3.39. The summed E-state index contributed by atoms with van der Waals surface area (Å²) in [6.45, 7) is -0.0830. The van der Waals surface area contributed by atoms with Crippen LogP contribution in [0.2, 0.25) is 0 Å². The summed E-state index contributed by atoms with van der Waals surface area (Å²) in [5.41, 5.74) is 2.46. The van der Waals surface area contributed by atoms with Gasteiger partial charge in [0.05, 0.1) is 19.1 Å². The van der Waals surface area contributed by atoms with Crippen LogP contribution in [0.5, 0.6) is 5.75 Å². The van der Waals surface area contributed by atoms with Gasteiger partial charge in [0.25, 0.3) is 5.91 Å². The van der Waals surface area contributed by atoms with Gasteiger partial charge in [0, 0.05) is 23.5 Å². The number of imidazole rings is 1. The number of carbonyl (C=O) groups is 2. The molecule has 8 heteroatoms. The number of carbonyl (C=O) groups excluding carboxylic acids is 2. The van der Waals surface area contributed by atoms with Crippen LogP contribution >= 0.6 is 0 Å². The summed E-state index contributed by atoms with van der Waals surface area (Å²) >= 11 is 0. The van der Waals surface area contributed by atoms with Crippen LogP contribution in [0.4, 0.5) is 5.95 Å². The van der Waals surface area contributed by atoms with Crippen LogP contribution in [-0.2, 0) is 4.79 Å². The van der Waals surface area contributed by atoms with Crippen molar-refractivity contribution in [1.82, 2.24) is 14.5 Å². The van der Waals surface area contributed by atoms with Gasteiger partial charge in [-0.15, -0.1) is 0 Å². The molecule has 0 bridgehead atoms. The predicted molar refractivity (Wildman–Crippen MR) is 127 cm³/mol. The van der Waals surface area contributed by atoms with Gasteiger partial charge in [-0.3, -0.25) is 19.5 Å². The Bertz CT molecular complexity index is 1280. The second-order valence-electron chi connectivity index (χ2n) is 8.07. The second kappa shape index (κ2) is 9.27. The molecule has 1 saturated carbocycles. The molecule has 172 valence electrons. The van der Waals surface area contributed by atoms with Crippen LogP contribution in [0.15, 0.2) is 83.6 Å². The lowest BCUT2D eigenvalue weighted by Gasteiger charge is -2.20. The third-order valence-electron chi connectivity index (χ3n) is 5.67. The maximum absolute atomic E-state index is 13.0. The molecule has 2 aromatic heterocycles. The molecule has 5 rings (SSSR count). The number of anilines is 1. The van der Waals surface area contributed by atoms with Crippen molar-refractivity contribution in [2.75, 3.05) is 19.0 Å². The fraction of sp³-hybridized carbons (Fsp3) is 0.192. The van der Waals surface area contributed by atoms with Crippen LogP contribution in [0, 0.1) is 0 Å². The Labute approximate surface area is 196 Å². The Morgan fingerprint density at radius 1 is 1.09 bits per heavy atom. The SMILES string of the molecule is COc1ccc(-n2cc(-c3ccccc3)nc2NC(=O)CN(C(=O)c2ccco2)C2CC2)cc1. The third kappa shape index (κ3) is 4.56. The molecule has 1 fully saturated rings. The molecule has 1 N–H and O–H groups in total. The Morgan fingerprint density at radius 2 is 1.85 bits per heavy atom. The van der Waals surface area contributed by atoms with Gasteiger partial charge in [0.15, 0.2) is 5.76 Å². The minimum absolute atomic E-state index is 0.0459. The number of benzene rings is 2. The van der Waals surface area contributed by atoms with Crippen LogP contribution in [0.3, 0.4) is 0 Å². The van der Waals surface area contributed by atoms with E-state index in [1.807, 2.05) is 65.4 Å². The van der Waals surface area contributed by atoms with Crippen molar-refractivity contribution in [3.05, 3.63) is 85.0 Å². The van der Waals surface area contributed by atoms with Crippen molar-refractivity contribution in [2.45, 2.75) is 18.9 Å². The van der Waals surface area contributed by atoms with Gasteiger partial charge in [0.1, 0.15) is 12.3 Å². The summed E-state index contributed by atoms with van der Waals surface area (Å²) in [5, 5.41) is 2.90. The Balaban J connectivity index is 1.41. The van der Waals surface area contributed by atoms with E-state index in [0.29, 0.717) is 5.95 Å². The van der Waals surface area contributed by atoms with Gasteiger partial charge in [-0.05, 0) is 49.2 Å². The van der Waals surface area contributed by atoms with Gasteiger partial charge >= 0.3 is 0 Å². The van der Waals surface area contributed by atoms with Crippen molar-refractivity contribution in [3.8, 4) is 22.7 Å². The molecule has 8 nitrogen and oxygen atoms in total. The van der Waals surface area contributed by atoms with Gasteiger partial charge in [-0.25, -0.2) is 4.98 Å². The molecule has 2 amide bonds. The molecule has 4 aromatic rings. The fourth-order valence-corrected chi connectivity index (χ4v) is 3.77. The molecule has 2 aromatic carbocycles. The number of nitrogens with one attached hydrogen (secondary N) is 1. The van der Waals surface area contributed by atoms with Crippen LogP contribution in [0.25, 0.3) is 16.9 Å². The maximum atomic E-state index is 13.0. The van der Waals surface area contributed by atoms with E-state index in [1.54, 1.807) is 24.1 Å². The van der Waals surface area contributed by atoms with E-state index in [9.17, 15) is 9.59 Å². The van der Waals surface area contributed by atoms with Crippen molar-refractivity contribution in [3.63, 3.8) is 0 Å². The standard InChI is InChI=1S/C26H24N4O4/c1-33-21-13-11-20(12-14-21)30-16-22(18-6-3-2-4-7-18)27-26(30)28-24(31)17-29(19-9-10-19)25(32)23-8-5-15-34-23/h2-8,11-16,19H,9-10,17H2,1H3,(H,27,28,31). The Kier molecular flexibility index (Phi) is 5.86. The quantitative estimate of drug-likeness (QED) is 0.425. The molecule has 1 aliphatic rings. The number of ether oxygens (including phenoxy) is 1. The first-order valence-corrected chi connectivity index (χ1v) is 11.1. The summed E-state index contributed by atoms with van der Waals surface area (Å²) < 4.78 is 12.3. The molecule has 0 aliphatic heterocycles. The number of furan rings is 1. The molecule has 0 atom stereocenters. The van der Waals surface area contributed by atoms with Gasteiger partial charge < -0.3 is 14.1 Å². The third-order valence-corrected chi connectivity index (χ3v) is 5.67. The fourth-order valence-electron chi connectivity index (χ4n) is 3.77. The minimum Gasteiger partial charge on any atom is -0.497 e. The minimum atomic E-state index is -0.327. The lowest BCUT2D eigenvalue weighted by atomic mass is 10.2. The lowest BCUT2D eigenvalue weighted by Crippen LogP contribution is -2.39. The van der Waals surface area contributed by atoms with Crippen molar-refractivity contribution in [1.29, 1.82) is 0 Å². The zero-order chi connectivity index (χ0) is 23.5. The number of methoxy groups -OCH3 is 1. The van der Waals surface area contributed by atoms with Crippen LogP contribution < -0.4 is 10.1 Å². The highest BCUT2D eigenvalue weighted by molar-refractivity contribution is 5.98. The summed E-state index contributed by atoms with van der Waals surface area (Å²) in [7, 11) is 1.61. The van der Waals surface area contributed by atoms with Crippen molar-refractivity contribution in [2.24, 2.45) is 0 Å². The number of rotatable bonds is 8. The molecular formula is C26H24N4O4. The van der Waals surface area contributed by atoms with Crippen LogP contribution in [0.1, 0.15) is 23.4 Å². The molecule has 0 radical (unpaired) electrons. The van der Waals surface area contributed by atoms with Crippen molar-refractivity contribution >= 4 is 17.8 Å². The van der Waals surface area contributed by atoms with Gasteiger partial charge in [-0.2, -0.15) is 0 Å². The number of nitrogens with zero attached hydrogens (tertiary/aromatic N) is 3. The highest BCUT2D eigenvalue weighted by atomic mass is 16.5. The number of hydrogen-bond acceptors (Lipinski definition) is 5. The Hall–Kier alpha value is -4.33. The second-order valence-corrected chi connectivity index (χ2v) is 8.07. The van der Waals surface area contributed by atoms with E-state index in [-0.39, 0.29) is 30.2 Å². The number of hydrogen-bond donors (Lipinski definition) is 1. The highest BCUT2D eigenvalue weighted by Gasteiger charge is 2.35. The van der Waals surface area contributed by atoms with Gasteiger partial charge in [0.2, 0.25) is 11.9 Å². The van der Waals surface area contributed by atoms with Gasteiger partial charge in [-0.1, -0.05) is 30.3 Å². The normalized spacial score (nSPS) is 12.9. The maximum Gasteiger partial charge on any atom is 0.290 e. The molecular weight excluding hydrogens is 432 g/mol. The molecule has 2 heterocycles. The lowest BCUT2D eigenvalue weighted by molar-refractivity contribution is -0.117. The predicted octanol–water partition coefficient (Wildman–Crippen LogP) is 4.38. The molecule has 0 spiro atoms. The largest absolute Gasteiger partial charge is 0.497 e.